The van der Waals surface area contributed by atoms with Gasteiger partial charge in [-0.05, 0) is 19.4 Å². The highest BCUT2D eigenvalue weighted by Crippen LogP contribution is 2.33. The van der Waals surface area contributed by atoms with Crippen molar-refractivity contribution in [2.24, 2.45) is 0 Å². The van der Waals surface area contributed by atoms with Crippen molar-refractivity contribution in [3.63, 3.8) is 0 Å². The summed E-state index contributed by atoms with van der Waals surface area (Å²) in [6.07, 6.45) is 1.60. The molecule has 0 aliphatic rings. The van der Waals surface area contributed by atoms with E-state index in [1.807, 2.05) is 13.8 Å². The molecule has 0 radical (unpaired) electrons. The van der Waals surface area contributed by atoms with Crippen LogP contribution in [0.5, 0.6) is 0 Å². The van der Waals surface area contributed by atoms with E-state index >= 15 is 0 Å². The minimum absolute atomic E-state index is 0.106. The van der Waals surface area contributed by atoms with Crippen LogP contribution in [0.4, 0.5) is 20.2 Å². The first-order valence-electron chi connectivity index (χ1n) is 5.75. The molecule has 1 rings (SSSR count). The molecule has 1 atom stereocenters. The molecule has 0 fully saturated rings. The summed E-state index contributed by atoms with van der Waals surface area (Å²) in [6, 6.07) is 1.66. The van der Waals surface area contributed by atoms with E-state index in [1.165, 1.54) is 11.9 Å². The van der Waals surface area contributed by atoms with Gasteiger partial charge in [-0.1, -0.05) is 13.3 Å². The minimum atomic E-state index is -1.17. The minimum Gasteiger partial charge on any atom is -0.364 e. The van der Waals surface area contributed by atoms with Gasteiger partial charge in [0.2, 0.25) is 0 Å². The van der Waals surface area contributed by atoms with Gasteiger partial charge >= 0.3 is 0 Å². The summed E-state index contributed by atoms with van der Waals surface area (Å²) in [4.78, 5) is 11.6. The standard InChI is InChI=1S/C12H16F2N2O2/c1-4-5-8(2)15(3)12-10(16(17)18)7-6-9(13)11(12)14/h6-8H,4-5H2,1-3H3. The largest absolute Gasteiger partial charge is 0.364 e. The molecular weight excluding hydrogens is 242 g/mol. The molecule has 0 aromatic heterocycles. The van der Waals surface area contributed by atoms with Gasteiger partial charge in [0.1, 0.15) is 0 Å². The molecule has 1 aromatic rings. The van der Waals surface area contributed by atoms with Crippen LogP contribution in [-0.4, -0.2) is 18.0 Å². The Balaban J connectivity index is 3.27. The zero-order valence-electron chi connectivity index (χ0n) is 10.6. The zero-order valence-corrected chi connectivity index (χ0v) is 10.6. The molecule has 0 heterocycles. The van der Waals surface area contributed by atoms with E-state index in [0.717, 1.165) is 25.0 Å². The molecule has 6 heteroatoms. The second kappa shape index (κ2) is 5.75. The molecule has 0 aliphatic carbocycles. The van der Waals surface area contributed by atoms with Crippen LogP contribution in [0.15, 0.2) is 12.1 Å². The van der Waals surface area contributed by atoms with Gasteiger partial charge in [0.25, 0.3) is 5.69 Å². The van der Waals surface area contributed by atoms with Crippen LogP contribution in [0.2, 0.25) is 0 Å². The lowest BCUT2D eigenvalue weighted by Gasteiger charge is -2.26. The third-order valence-corrected chi connectivity index (χ3v) is 2.96. The molecule has 1 unspecified atom stereocenters. The molecule has 0 saturated heterocycles. The average molecular weight is 258 g/mol. The van der Waals surface area contributed by atoms with E-state index in [9.17, 15) is 18.9 Å². The summed E-state index contributed by atoms with van der Waals surface area (Å²) in [6.45, 7) is 3.78. The molecule has 1 aromatic carbocycles. The highest BCUT2D eigenvalue weighted by atomic mass is 19.2. The maximum atomic E-state index is 13.8. The van der Waals surface area contributed by atoms with E-state index in [1.54, 1.807) is 0 Å². The van der Waals surface area contributed by atoms with Crippen LogP contribution in [0.1, 0.15) is 26.7 Å². The van der Waals surface area contributed by atoms with E-state index in [-0.39, 0.29) is 11.7 Å². The molecule has 18 heavy (non-hydrogen) atoms. The molecule has 0 spiro atoms. The molecule has 0 aliphatic heterocycles. The lowest BCUT2D eigenvalue weighted by molar-refractivity contribution is -0.384. The van der Waals surface area contributed by atoms with Crippen molar-refractivity contribution in [1.29, 1.82) is 0 Å². The number of nitrogens with zero attached hydrogens (tertiary/aromatic N) is 2. The number of rotatable bonds is 5. The molecule has 0 saturated carbocycles. The zero-order chi connectivity index (χ0) is 13.9. The quantitative estimate of drug-likeness (QED) is 0.600. The number of hydrogen-bond acceptors (Lipinski definition) is 3. The van der Waals surface area contributed by atoms with E-state index < -0.39 is 22.2 Å². The smallest absolute Gasteiger partial charge is 0.295 e. The van der Waals surface area contributed by atoms with Crippen molar-refractivity contribution in [2.75, 3.05) is 11.9 Å². The first-order valence-corrected chi connectivity index (χ1v) is 5.75. The maximum absolute atomic E-state index is 13.8. The molecule has 0 bridgehead atoms. The van der Waals surface area contributed by atoms with Crippen LogP contribution >= 0.6 is 0 Å². The number of nitro groups is 1. The van der Waals surface area contributed by atoms with Gasteiger partial charge in [0, 0.05) is 19.2 Å². The Morgan fingerprint density at radius 3 is 2.56 bits per heavy atom. The molecule has 100 valence electrons. The number of halogens is 2. The predicted molar refractivity (Wildman–Crippen MR) is 65.8 cm³/mol. The third-order valence-electron chi connectivity index (χ3n) is 2.96. The lowest BCUT2D eigenvalue weighted by Crippen LogP contribution is -2.30. The fraction of sp³-hybridized carbons (Fsp3) is 0.500. The highest BCUT2D eigenvalue weighted by molar-refractivity contribution is 5.64. The van der Waals surface area contributed by atoms with E-state index in [4.69, 9.17) is 0 Å². The van der Waals surface area contributed by atoms with Crippen LogP contribution < -0.4 is 4.90 Å². The molecule has 0 amide bonds. The second-order valence-corrected chi connectivity index (χ2v) is 4.23. The first kappa shape index (κ1) is 14.3. The van der Waals surface area contributed by atoms with Gasteiger partial charge in [0.05, 0.1) is 4.92 Å². The van der Waals surface area contributed by atoms with Gasteiger partial charge in [-0.3, -0.25) is 10.1 Å². The van der Waals surface area contributed by atoms with Crippen LogP contribution in [-0.2, 0) is 0 Å². The fourth-order valence-electron chi connectivity index (χ4n) is 1.84. The van der Waals surface area contributed by atoms with Crippen LogP contribution in [0.25, 0.3) is 0 Å². The Hall–Kier alpha value is -1.72. The van der Waals surface area contributed by atoms with Crippen LogP contribution in [0.3, 0.4) is 0 Å². The summed E-state index contributed by atoms with van der Waals surface area (Å²) in [5.74, 6) is -2.25. The van der Waals surface area contributed by atoms with Gasteiger partial charge in [-0.25, -0.2) is 8.78 Å². The Kier molecular flexibility index (Phi) is 4.58. The fourth-order valence-corrected chi connectivity index (χ4v) is 1.84. The first-order chi connectivity index (χ1) is 8.40. The third kappa shape index (κ3) is 2.75. The average Bonchev–Trinajstić information content (AvgIpc) is 2.31. The lowest BCUT2D eigenvalue weighted by atomic mass is 10.1. The summed E-state index contributed by atoms with van der Waals surface area (Å²) in [7, 11) is 1.53. The van der Waals surface area contributed by atoms with Crippen molar-refractivity contribution >= 4 is 11.4 Å². The normalized spacial score (nSPS) is 12.3. The maximum Gasteiger partial charge on any atom is 0.295 e. The van der Waals surface area contributed by atoms with Crippen molar-refractivity contribution in [1.82, 2.24) is 0 Å². The van der Waals surface area contributed by atoms with Crippen molar-refractivity contribution < 1.29 is 13.7 Å². The van der Waals surface area contributed by atoms with Gasteiger partial charge in [0.15, 0.2) is 17.3 Å². The Morgan fingerprint density at radius 1 is 1.44 bits per heavy atom. The highest BCUT2D eigenvalue weighted by Gasteiger charge is 2.26. The summed E-state index contributed by atoms with van der Waals surface area (Å²) in [5.41, 5.74) is -0.708. The van der Waals surface area contributed by atoms with Crippen molar-refractivity contribution in [3.8, 4) is 0 Å². The van der Waals surface area contributed by atoms with Gasteiger partial charge < -0.3 is 4.90 Å². The Bertz CT molecular complexity index is 452. The second-order valence-electron chi connectivity index (χ2n) is 4.23. The molecule has 0 N–H and O–H groups in total. The number of anilines is 1. The summed E-state index contributed by atoms with van der Waals surface area (Å²) in [5, 5.41) is 10.9. The summed E-state index contributed by atoms with van der Waals surface area (Å²) >= 11 is 0. The van der Waals surface area contributed by atoms with E-state index in [0.29, 0.717) is 0 Å². The summed E-state index contributed by atoms with van der Waals surface area (Å²) < 4.78 is 27.0. The SMILES string of the molecule is CCCC(C)N(C)c1c([N+](=O)[O-])ccc(F)c1F. The van der Waals surface area contributed by atoms with Crippen molar-refractivity contribution in [3.05, 3.63) is 33.9 Å². The van der Waals surface area contributed by atoms with Gasteiger partial charge in [-0.15, -0.1) is 0 Å². The van der Waals surface area contributed by atoms with Crippen molar-refractivity contribution in [2.45, 2.75) is 32.7 Å². The topological polar surface area (TPSA) is 46.4 Å². The van der Waals surface area contributed by atoms with E-state index in [2.05, 4.69) is 0 Å². The molecule has 4 nitrogen and oxygen atoms in total. The number of nitro benzene ring substituents is 1. The predicted octanol–water partition coefficient (Wildman–Crippen LogP) is 3.50. The number of hydrogen-bond donors (Lipinski definition) is 0. The Labute approximate surface area is 104 Å². The van der Waals surface area contributed by atoms with Crippen LogP contribution in [0, 0.1) is 21.7 Å². The number of benzene rings is 1. The van der Waals surface area contributed by atoms with Gasteiger partial charge in [-0.2, -0.15) is 0 Å². The monoisotopic (exact) mass is 258 g/mol. The molecular formula is C12H16F2N2O2. The Morgan fingerprint density at radius 2 is 2.06 bits per heavy atom.